The number of hydrogen-bond acceptors (Lipinski definition) is 3. The molecule has 0 amide bonds. The van der Waals surface area contributed by atoms with Crippen molar-refractivity contribution in [3.8, 4) is 0 Å². The Bertz CT molecular complexity index is 558. The van der Waals surface area contributed by atoms with Gasteiger partial charge in [-0.3, -0.25) is 4.79 Å². The van der Waals surface area contributed by atoms with E-state index in [1.54, 1.807) is 12.1 Å². The lowest BCUT2D eigenvalue weighted by atomic mass is 9.99. The van der Waals surface area contributed by atoms with Gasteiger partial charge in [0, 0.05) is 17.7 Å². The molecule has 0 aliphatic heterocycles. The van der Waals surface area contributed by atoms with Crippen molar-refractivity contribution in [3.63, 3.8) is 0 Å². The fraction of sp³-hybridized carbons (Fsp3) is 0.750. The summed E-state index contributed by atoms with van der Waals surface area (Å²) in [6.45, 7) is 2.28. The third-order valence-electron chi connectivity index (χ3n) is 6.32. The van der Waals surface area contributed by atoms with E-state index in [-0.39, 0.29) is 12.2 Å². The fourth-order valence-corrected chi connectivity index (χ4v) is 4.28. The lowest BCUT2D eigenvalue weighted by Gasteiger charge is -2.11. The summed E-state index contributed by atoms with van der Waals surface area (Å²) < 4.78 is 0. The molecule has 0 aromatic heterocycles. The third kappa shape index (κ3) is 15.1. The number of nitrogen functional groups attached to an aromatic ring is 1. The maximum Gasteiger partial charge on any atom is 0.167 e. The zero-order valence-corrected chi connectivity index (χ0v) is 20.3. The quantitative estimate of drug-likeness (QED) is 0.117. The highest BCUT2D eigenvalue weighted by Crippen LogP contribution is 2.17. The Kier molecular flexibility index (Phi) is 17.3. The highest BCUT2D eigenvalue weighted by atomic mass is 16.3. The monoisotopic (exact) mass is 431 g/mol. The molecule has 0 radical (unpaired) electrons. The molecule has 1 aromatic carbocycles. The number of rotatable bonds is 21. The van der Waals surface area contributed by atoms with Gasteiger partial charge in [-0.25, -0.2) is 0 Å². The maximum absolute atomic E-state index is 12.2. The number of aliphatic hydroxyl groups excluding tert-OH is 1. The smallest absolute Gasteiger partial charge is 0.167 e. The number of hydrogen-bond donors (Lipinski definition) is 2. The van der Waals surface area contributed by atoms with Crippen LogP contribution in [0.5, 0.6) is 0 Å². The van der Waals surface area contributed by atoms with Gasteiger partial charge < -0.3 is 10.8 Å². The molecule has 3 nitrogen and oxygen atoms in total. The van der Waals surface area contributed by atoms with Crippen molar-refractivity contribution in [3.05, 3.63) is 29.8 Å². The van der Waals surface area contributed by atoms with E-state index in [0.717, 1.165) is 12.8 Å². The van der Waals surface area contributed by atoms with Crippen molar-refractivity contribution < 1.29 is 9.90 Å². The molecule has 1 rings (SSSR count). The second-order valence-corrected chi connectivity index (χ2v) is 9.31. The zero-order chi connectivity index (χ0) is 22.6. The Balaban J connectivity index is 1.84. The van der Waals surface area contributed by atoms with Crippen LogP contribution in [0.2, 0.25) is 0 Å². The molecule has 31 heavy (non-hydrogen) atoms. The molecule has 0 heterocycles. The van der Waals surface area contributed by atoms with Crippen molar-refractivity contribution in [2.45, 2.75) is 135 Å². The molecule has 1 unspecified atom stereocenters. The number of unbranched alkanes of at least 4 members (excludes halogenated alkanes) is 16. The number of nitrogens with two attached hydrogens (primary N) is 1. The van der Waals surface area contributed by atoms with E-state index in [1.807, 2.05) is 12.1 Å². The van der Waals surface area contributed by atoms with Crippen LogP contribution in [0.25, 0.3) is 0 Å². The van der Waals surface area contributed by atoms with Crippen LogP contribution in [-0.2, 0) is 0 Å². The second-order valence-electron chi connectivity index (χ2n) is 9.31. The van der Waals surface area contributed by atoms with Gasteiger partial charge in [-0.2, -0.15) is 0 Å². The van der Waals surface area contributed by atoms with Gasteiger partial charge in [0.15, 0.2) is 5.78 Å². The minimum Gasteiger partial charge on any atom is -0.398 e. The summed E-state index contributed by atoms with van der Waals surface area (Å²) in [6.07, 6.45) is 23.3. The number of aliphatic hydroxyl groups is 1. The highest BCUT2D eigenvalue weighted by Gasteiger charge is 2.14. The first-order valence-electron chi connectivity index (χ1n) is 13.2. The first-order chi connectivity index (χ1) is 15.1. The minimum atomic E-state index is -0.552. The predicted molar refractivity (Wildman–Crippen MR) is 135 cm³/mol. The van der Waals surface area contributed by atoms with E-state index in [2.05, 4.69) is 6.92 Å². The highest BCUT2D eigenvalue weighted by molar-refractivity contribution is 6.00. The lowest BCUT2D eigenvalue weighted by molar-refractivity contribution is 0.0864. The number of benzene rings is 1. The standard InChI is InChI=1S/C28H49NO2/c1-2-3-4-5-6-7-8-9-10-11-12-13-14-15-16-17-18-21-25(30)24-28(31)26-22-19-20-23-27(26)29/h19-20,22-23,25,30H,2-18,21,24,29H2,1H3. The minimum absolute atomic E-state index is 0.0578. The Hall–Kier alpha value is -1.35. The van der Waals surface area contributed by atoms with Crippen molar-refractivity contribution in [2.24, 2.45) is 0 Å². The van der Waals surface area contributed by atoms with Gasteiger partial charge in [-0.05, 0) is 18.6 Å². The molecular weight excluding hydrogens is 382 g/mol. The molecule has 1 aromatic rings. The molecule has 0 aliphatic carbocycles. The van der Waals surface area contributed by atoms with Gasteiger partial charge in [0.2, 0.25) is 0 Å². The van der Waals surface area contributed by atoms with E-state index in [1.165, 1.54) is 96.3 Å². The number of carbonyl (C=O) groups excluding carboxylic acids is 1. The first-order valence-corrected chi connectivity index (χ1v) is 13.2. The van der Waals surface area contributed by atoms with Crippen LogP contribution in [0, 0.1) is 0 Å². The van der Waals surface area contributed by atoms with Crippen LogP contribution in [0.15, 0.2) is 24.3 Å². The van der Waals surface area contributed by atoms with Crippen LogP contribution in [0.3, 0.4) is 0 Å². The number of anilines is 1. The molecule has 0 fully saturated rings. The Morgan fingerprint density at radius 2 is 1.16 bits per heavy atom. The zero-order valence-electron chi connectivity index (χ0n) is 20.3. The second kappa shape index (κ2) is 19.3. The summed E-state index contributed by atoms with van der Waals surface area (Å²) in [5.41, 5.74) is 6.87. The SMILES string of the molecule is CCCCCCCCCCCCCCCCCCCC(O)CC(=O)c1ccccc1N. The van der Waals surface area contributed by atoms with E-state index in [0.29, 0.717) is 17.7 Å². The van der Waals surface area contributed by atoms with E-state index in [4.69, 9.17) is 5.73 Å². The number of carbonyl (C=O) groups is 1. The third-order valence-corrected chi connectivity index (χ3v) is 6.32. The van der Waals surface area contributed by atoms with Crippen molar-refractivity contribution in [1.29, 1.82) is 0 Å². The van der Waals surface area contributed by atoms with Gasteiger partial charge >= 0.3 is 0 Å². The topological polar surface area (TPSA) is 63.3 Å². The van der Waals surface area contributed by atoms with Crippen molar-refractivity contribution in [2.75, 3.05) is 5.73 Å². The largest absolute Gasteiger partial charge is 0.398 e. The van der Waals surface area contributed by atoms with Crippen molar-refractivity contribution in [1.82, 2.24) is 0 Å². The Morgan fingerprint density at radius 3 is 1.61 bits per heavy atom. The fourth-order valence-electron chi connectivity index (χ4n) is 4.28. The lowest BCUT2D eigenvalue weighted by Crippen LogP contribution is -2.14. The van der Waals surface area contributed by atoms with Crippen LogP contribution >= 0.6 is 0 Å². The molecule has 3 N–H and O–H groups in total. The van der Waals surface area contributed by atoms with Crippen LogP contribution < -0.4 is 5.73 Å². The maximum atomic E-state index is 12.2. The van der Waals surface area contributed by atoms with E-state index >= 15 is 0 Å². The summed E-state index contributed by atoms with van der Waals surface area (Å²) in [4.78, 5) is 12.2. The molecule has 3 heteroatoms. The Labute approximate surface area is 192 Å². The van der Waals surface area contributed by atoms with Gasteiger partial charge in [0.25, 0.3) is 0 Å². The first kappa shape index (κ1) is 27.7. The van der Waals surface area contributed by atoms with E-state index < -0.39 is 6.10 Å². The molecule has 0 aliphatic rings. The summed E-state index contributed by atoms with van der Waals surface area (Å²) in [7, 11) is 0. The summed E-state index contributed by atoms with van der Waals surface area (Å²) in [5, 5.41) is 10.1. The summed E-state index contributed by atoms with van der Waals surface area (Å²) in [5.74, 6) is -0.0578. The van der Waals surface area contributed by atoms with E-state index in [9.17, 15) is 9.90 Å². The molecule has 0 spiro atoms. The number of ketones is 1. The summed E-state index contributed by atoms with van der Waals surface area (Å²) in [6, 6.07) is 7.10. The summed E-state index contributed by atoms with van der Waals surface area (Å²) >= 11 is 0. The van der Waals surface area contributed by atoms with Gasteiger partial charge in [-0.15, -0.1) is 0 Å². The molecular formula is C28H49NO2. The van der Waals surface area contributed by atoms with Crippen LogP contribution in [-0.4, -0.2) is 17.0 Å². The van der Waals surface area contributed by atoms with Gasteiger partial charge in [0.05, 0.1) is 6.10 Å². The normalized spacial score (nSPS) is 12.2. The molecule has 0 saturated heterocycles. The predicted octanol–water partition coefficient (Wildman–Crippen LogP) is 8.24. The van der Waals surface area contributed by atoms with Gasteiger partial charge in [-0.1, -0.05) is 128 Å². The number of para-hydroxylation sites is 1. The Morgan fingerprint density at radius 1 is 0.742 bits per heavy atom. The average molecular weight is 432 g/mol. The van der Waals surface area contributed by atoms with Gasteiger partial charge in [0.1, 0.15) is 0 Å². The molecule has 1 atom stereocenters. The van der Waals surface area contributed by atoms with Crippen molar-refractivity contribution >= 4 is 11.5 Å². The molecule has 178 valence electrons. The molecule has 0 saturated carbocycles. The molecule has 0 bridgehead atoms. The van der Waals surface area contributed by atoms with Crippen LogP contribution in [0.1, 0.15) is 139 Å². The number of Topliss-reactive ketones (excluding diaryl/α,β-unsaturated/α-hetero) is 1. The van der Waals surface area contributed by atoms with Crippen LogP contribution in [0.4, 0.5) is 5.69 Å². The average Bonchev–Trinajstić information content (AvgIpc) is 2.76.